The number of anilines is 1. The highest BCUT2D eigenvalue weighted by molar-refractivity contribution is 6.02. The van der Waals surface area contributed by atoms with Crippen molar-refractivity contribution < 1.29 is 9.53 Å². The largest absolute Gasteiger partial charge is 0.438 e. The molecule has 0 aliphatic carbocycles. The smallest absolute Gasteiger partial charge is 0.275 e. The van der Waals surface area contributed by atoms with Crippen LogP contribution in [-0.2, 0) is 0 Å². The average Bonchev–Trinajstić information content (AvgIpc) is 3.26. The molecule has 0 aliphatic rings. The number of ether oxygens (including phenoxy) is 1. The van der Waals surface area contributed by atoms with E-state index < -0.39 is 0 Å². The molecule has 132 valence electrons. The summed E-state index contributed by atoms with van der Waals surface area (Å²) in [7, 11) is 0. The van der Waals surface area contributed by atoms with Gasteiger partial charge >= 0.3 is 0 Å². The van der Waals surface area contributed by atoms with Crippen molar-refractivity contribution >= 4 is 11.6 Å². The highest BCUT2D eigenvalue weighted by Crippen LogP contribution is 2.21. The van der Waals surface area contributed by atoms with E-state index in [9.17, 15) is 4.79 Å². The van der Waals surface area contributed by atoms with Crippen LogP contribution in [0.2, 0.25) is 0 Å². The second kappa shape index (κ2) is 7.40. The van der Waals surface area contributed by atoms with Crippen molar-refractivity contribution in [3.05, 3.63) is 79.1 Å². The molecule has 0 atom stereocenters. The summed E-state index contributed by atoms with van der Waals surface area (Å²) in [6, 6.07) is 12.1. The Morgan fingerprint density at radius 2 is 1.89 bits per heavy atom. The van der Waals surface area contributed by atoms with Crippen LogP contribution < -0.4 is 10.1 Å². The van der Waals surface area contributed by atoms with Crippen LogP contribution in [0.25, 0.3) is 5.82 Å². The molecule has 1 aromatic carbocycles. The lowest BCUT2D eigenvalue weighted by Gasteiger charge is -2.07. The Labute approximate surface area is 153 Å². The van der Waals surface area contributed by atoms with Crippen LogP contribution in [0.15, 0.2) is 73.4 Å². The Kier molecular flexibility index (Phi) is 4.48. The molecule has 1 N–H and O–H groups in total. The highest BCUT2D eigenvalue weighted by Gasteiger charge is 2.08. The van der Waals surface area contributed by atoms with Crippen molar-refractivity contribution in [1.29, 1.82) is 0 Å². The van der Waals surface area contributed by atoms with Gasteiger partial charge in [-0.25, -0.2) is 9.67 Å². The Morgan fingerprint density at radius 1 is 1.00 bits per heavy atom. The summed E-state index contributed by atoms with van der Waals surface area (Å²) >= 11 is 0. The first-order valence-electron chi connectivity index (χ1n) is 7.97. The van der Waals surface area contributed by atoms with Crippen LogP contribution in [0.5, 0.6) is 11.6 Å². The van der Waals surface area contributed by atoms with Crippen molar-refractivity contribution in [1.82, 2.24) is 29.9 Å². The summed E-state index contributed by atoms with van der Waals surface area (Å²) in [5.41, 5.74) is 0.850. The number of carbonyl (C=O) groups is 1. The van der Waals surface area contributed by atoms with E-state index in [1.807, 2.05) is 0 Å². The molecule has 3 heterocycles. The summed E-state index contributed by atoms with van der Waals surface area (Å²) in [4.78, 5) is 19.9. The first-order chi connectivity index (χ1) is 13.3. The highest BCUT2D eigenvalue weighted by atomic mass is 16.5. The zero-order valence-electron chi connectivity index (χ0n) is 13.9. The molecule has 0 saturated heterocycles. The molecule has 0 bridgehead atoms. The predicted molar refractivity (Wildman–Crippen MR) is 95.7 cm³/mol. The summed E-state index contributed by atoms with van der Waals surface area (Å²) in [5, 5.41) is 14.9. The summed E-state index contributed by atoms with van der Waals surface area (Å²) in [5.74, 6) is 1.17. The molecule has 0 fully saturated rings. The lowest BCUT2D eigenvalue weighted by molar-refractivity contribution is 0.102. The van der Waals surface area contributed by atoms with Gasteiger partial charge in [-0.15, -0.1) is 10.2 Å². The molecule has 3 aromatic heterocycles. The van der Waals surface area contributed by atoms with Crippen LogP contribution >= 0.6 is 0 Å². The fourth-order valence-corrected chi connectivity index (χ4v) is 2.23. The van der Waals surface area contributed by atoms with E-state index in [2.05, 4.69) is 30.6 Å². The zero-order valence-corrected chi connectivity index (χ0v) is 13.9. The van der Waals surface area contributed by atoms with Gasteiger partial charge in [0.25, 0.3) is 5.91 Å². The number of rotatable bonds is 5. The van der Waals surface area contributed by atoms with Crippen LogP contribution in [0.3, 0.4) is 0 Å². The molecule has 9 nitrogen and oxygen atoms in total. The van der Waals surface area contributed by atoms with E-state index in [1.54, 1.807) is 59.5 Å². The topological polar surface area (TPSA) is 108 Å². The molecule has 0 radical (unpaired) electrons. The van der Waals surface area contributed by atoms with E-state index in [4.69, 9.17) is 4.74 Å². The second-order valence-electron chi connectivity index (χ2n) is 5.35. The maximum absolute atomic E-state index is 12.0. The van der Waals surface area contributed by atoms with Gasteiger partial charge in [0.1, 0.15) is 11.4 Å². The minimum atomic E-state index is -0.336. The van der Waals surface area contributed by atoms with E-state index in [-0.39, 0.29) is 11.6 Å². The second-order valence-corrected chi connectivity index (χ2v) is 5.35. The monoisotopic (exact) mass is 359 g/mol. The molecule has 0 saturated carbocycles. The number of nitrogens with zero attached hydrogens (tertiary/aromatic N) is 6. The predicted octanol–water partition coefficient (Wildman–Crippen LogP) is 2.50. The summed E-state index contributed by atoms with van der Waals surface area (Å²) in [6.45, 7) is 0. The van der Waals surface area contributed by atoms with Crippen LogP contribution in [-0.4, -0.2) is 35.9 Å². The van der Waals surface area contributed by atoms with Crippen molar-refractivity contribution in [2.75, 3.05) is 5.32 Å². The van der Waals surface area contributed by atoms with E-state index in [0.29, 0.717) is 23.1 Å². The van der Waals surface area contributed by atoms with E-state index in [1.165, 1.54) is 18.6 Å². The van der Waals surface area contributed by atoms with E-state index >= 15 is 0 Å². The molecule has 0 unspecified atom stereocenters. The lowest BCUT2D eigenvalue weighted by Crippen LogP contribution is -2.13. The van der Waals surface area contributed by atoms with Gasteiger partial charge in [-0.05, 0) is 36.4 Å². The van der Waals surface area contributed by atoms with Gasteiger partial charge in [-0.3, -0.25) is 9.78 Å². The number of nitrogens with one attached hydrogen (secondary N) is 1. The first kappa shape index (κ1) is 16.3. The minimum Gasteiger partial charge on any atom is -0.438 e. The average molecular weight is 359 g/mol. The zero-order chi connectivity index (χ0) is 18.5. The molecule has 4 aromatic rings. The van der Waals surface area contributed by atoms with Gasteiger partial charge in [-0.1, -0.05) is 0 Å². The SMILES string of the molecule is O=C(Nc1ccc(Oc2ccc(-n3cccn3)nn2)cc1)c1cnccn1. The molecule has 0 aliphatic heterocycles. The van der Waals surface area contributed by atoms with Crippen LogP contribution in [0, 0.1) is 0 Å². The molecule has 1 amide bonds. The first-order valence-corrected chi connectivity index (χ1v) is 7.97. The lowest BCUT2D eigenvalue weighted by atomic mass is 10.3. The van der Waals surface area contributed by atoms with E-state index in [0.717, 1.165) is 0 Å². The van der Waals surface area contributed by atoms with Crippen molar-refractivity contribution in [2.24, 2.45) is 0 Å². The van der Waals surface area contributed by atoms with Gasteiger partial charge in [0.05, 0.1) is 6.20 Å². The molecular formula is C18H13N7O2. The van der Waals surface area contributed by atoms with Gasteiger partial charge in [0, 0.05) is 36.5 Å². The Balaban J connectivity index is 1.40. The quantitative estimate of drug-likeness (QED) is 0.583. The van der Waals surface area contributed by atoms with Crippen molar-refractivity contribution in [2.45, 2.75) is 0 Å². The molecule has 0 spiro atoms. The maximum Gasteiger partial charge on any atom is 0.275 e. The van der Waals surface area contributed by atoms with Gasteiger partial charge in [-0.2, -0.15) is 5.10 Å². The van der Waals surface area contributed by atoms with Crippen LogP contribution in [0.4, 0.5) is 5.69 Å². The number of benzene rings is 1. The Bertz CT molecular complexity index is 1020. The summed E-state index contributed by atoms with van der Waals surface area (Å²) in [6.07, 6.45) is 7.81. The third kappa shape index (κ3) is 3.93. The Morgan fingerprint density at radius 3 is 2.56 bits per heavy atom. The number of hydrogen-bond donors (Lipinski definition) is 1. The van der Waals surface area contributed by atoms with Gasteiger partial charge < -0.3 is 10.1 Å². The molecular weight excluding hydrogens is 346 g/mol. The van der Waals surface area contributed by atoms with Crippen molar-refractivity contribution in [3.8, 4) is 17.4 Å². The molecule has 27 heavy (non-hydrogen) atoms. The Hall–Kier alpha value is -4.14. The normalized spacial score (nSPS) is 10.4. The van der Waals surface area contributed by atoms with Crippen molar-refractivity contribution in [3.63, 3.8) is 0 Å². The standard InChI is InChI=1S/C18H13N7O2/c26-18(15-12-19-9-10-20-15)22-13-2-4-14(5-3-13)27-17-7-6-16(23-24-17)25-11-1-8-21-25/h1-12H,(H,22,26). The third-order valence-electron chi connectivity index (χ3n) is 3.50. The molecule has 4 rings (SSSR count). The van der Waals surface area contributed by atoms with Crippen LogP contribution in [0.1, 0.15) is 10.5 Å². The van der Waals surface area contributed by atoms with Gasteiger partial charge in [0.2, 0.25) is 5.88 Å². The van der Waals surface area contributed by atoms with Gasteiger partial charge in [0.15, 0.2) is 5.82 Å². The molecule has 9 heteroatoms. The number of carbonyl (C=O) groups excluding carboxylic acids is 1. The number of amides is 1. The number of hydrogen-bond acceptors (Lipinski definition) is 7. The minimum absolute atomic E-state index is 0.241. The fraction of sp³-hybridized carbons (Fsp3) is 0. The fourth-order valence-electron chi connectivity index (χ4n) is 2.23. The summed E-state index contributed by atoms with van der Waals surface area (Å²) < 4.78 is 7.26. The number of aromatic nitrogens is 6. The third-order valence-corrected chi connectivity index (χ3v) is 3.50. The maximum atomic E-state index is 12.0.